The molecule has 2 heterocycles. The molecule has 4 aromatic rings. The van der Waals surface area contributed by atoms with Gasteiger partial charge in [-0.1, -0.05) is 36.4 Å². The van der Waals surface area contributed by atoms with Crippen LogP contribution in [0.4, 0.5) is 11.6 Å². The molecule has 0 saturated carbocycles. The zero-order chi connectivity index (χ0) is 22.3. The number of ether oxygens (including phenoxy) is 1. The van der Waals surface area contributed by atoms with Gasteiger partial charge >= 0.3 is 5.97 Å². The smallest absolute Gasteiger partial charge is 0.302 e. The van der Waals surface area contributed by atoms with Gasteiger partial charge in [0.25, 0.3) is 0 Å². The summed E-state index contributed by atoms with van der Waals surface area (Å²) in [7, 11) is 0. The third-order valence-corrected chi connectivity index (χ3v) is 5.58. The largest absolute Gasteiger partial charge is 0.465 e. The van der Waals surface area contributed by atoms with Gasteiger partial charge in [0.2, 0.25) is 5.95 Å². The molecule has 0 unspecified atom stereocenters. The molecule has 0 bridgehead atoms. The second-order valence-corrected chi connectivity index (χ2v) is 8.04. The van der Waals surface area contributed by atoms with Crippen LogP contribution in [0.3, 0.4) is 0 Å². The highest BCUT2D eigenvalue weighted by atomic mass is 32.2. The van der Waals surface area contributed by atoms with Crippen LogP contribution in [-0.4, -0.2) is 38.1 Å². The Morgan fingerprint density at radius 1 is 1.06 bits per heavy atom. The molecule has 162 valence electrons. The Balaban J connectivity index is 1.69. The van der Waals surface area contributed by atoms with Crippen LogP contribution in [-0.2, 0) is 9.53 Å². The fourth-order valence-corrected chi connectivity index (χ4v) is 4.12. The highest BCUT2D eigenvalue weighted by Crippen LogP contribution is 2.34. The first-order chi connectivity index (χ1) is 15.6. The maximum absolute atomic E-state index is 11.1. The number of rotatable bonds is 8. The van der Waals surface area contributed by atoms with Crippen molar-refractivity contribution in [1.29, 1.82) is 0 Å². The van der Waals surface area contributed by atoms with Crippen LogP contribution in [0.2, 0.25) is 0 Å². The van der Waals surface area contributed by atoms with E-state index in [0.717, 1.165) is 33.4 Å². The lowest BCUT2D eigenvalue weighted by atomic mass is 10.2. The lowest BCUT2D eigenvalue weighted by Gasteiger charge is -2.08. The molecular weight excluding hydrogens is 422 g/mol. The van der Waals surface area contributed by atoms with Crippen LogP contribution in [0.1, 0.15) is 12.6 Å². The van der Waals surface area contributed by atoms with Crippen LogP contribution >= 0.6 is 11.8 Å². The second kappa shape index (κ2) is 10.1. The number of para-hydroxylation sites is 2. The molecule has 0 amide bonds. The maximum Gasteiger partial charge on any atom is 0.302 e. The number of benzene rings is 2. The summed E-state index contributed by atoms with van der Waals surface area (Å²) in [5, 5.41) is 8.91. The average molecular weight is 446 g/mol. The molecule has 0 aliphatic rings. The van der Waals surface area contributed by atoms with Gasteiger partial charge < -0.3 is 10.1 Å². The fourth-order valence-electron chi connectivity index (χ4n) is 3.23. The summed E-state index contributed by atoms with van der Waals surface area (Å²) in [5.41, 5.74) is 4.55. The van der Waals surface area contributed by atoms with Crippen LogP contribution in [0, 0.1) is 6.92 Å². The zero-order valence-electron chi connectivity index (χ0n) is 17.9. The minimum Gasteiger partial charge on any atom is -0.465 e. The lowest BCUT2D eigenvalue weighted by molar-refractivity contribution is -0.140. The fraction of sp³-hybridized carbons (Fsp3) is 0.167. The predicted molar refractivity (Wildman–Crippen MR) is 126 cm³/mol. The Labute approximate surface area is 190 Å². The topological polar surface area (TPSA) is 81.9 Å². The van der Waals surface area contributed by atoms with Crippen molar-refractivity contribution in [2.24, 2.45) is 0 Å². The number of esters is 1. The van der Waals surface area contributed by atoms with Gasteiger partial charge in [-0.15, -0.1) is 11.8 Å². The van der Waals surface area contributed by atoms with Crippen molar-refractivity contribution < 1.29 is 9.53 Å². The van der Waals surface area contributed by atoms with Crippen molar-refractivity contribution in [2.45, 2.75) is 18.9 Å². The summed E-state index contributed by atoms with van der Waals surface area (Å²) in [4.78, 5) is 20.2. The third kappa shape index (κ3) is 5.15. The monoisotopic (exact) mass is 445 g/mol. The molecule has 1 N–H and O–H groups in total. The van der Waals surface area contributed by atoms with Gasteiger partial charge in [0, 0.05) is 24.6 Å². The second-order valence-electron chi connectivity index (χ2n) is 6.96. The van der Waals surface area contributed by atoms with Gasteiger partial charge in [-0.3, -0.25) is 4.79 Å². The van der Waals surface area contributed by atoms with Crippen LogP contribution < -0.4 is 5.32 Å². The van der Waals surface area contributed by atoms with Crippen LogP contribution in [0.25, 0.3) is 16.9 Å². The number of thioether (sulfide) groups is 1. The summed E-state index contributed by atoms with van der Waals surface area (Å²) < 4.78 is 7.00. The molecule has 0 aliphatic heterocycles. The van der Waals surface area contributed by atoms with E-state index in [4.69, 9.17) is 14.8 Å². The van der Waals surface area contributed by atoms with E-state index in [1.807, 2.05) is 78.3 Å². The van der Waals surface area contributed by atoms with Crippen LogP contribution in [0.5, 0.6) is 0 Å². The normalized spacial score (nSPS) is 10.7. The number of anilines is 2. The summed E-state index contributed by atoms with van der Waals surface area (Å²) >= 11 is 1.53. The van der Waals surface area contributed by atoms with E-state index in [2.05, 4.69) is 10.3 Å². The van der Waals surface area contributed by atoms with Gasteiger partial charge in [0.15, 0.2) is 0 Å². The Morgan fingerprint density at radius 2 is 1.78 bits per heavy atom. The SMILES string of the molecule is CC(=O)OCCSc1nn(-c2ccccc2)c(C)c1-c1ccnc(Nc2ccccc2)n1. The van der Waals surface area contributed by atoms with Gasteiger partial charge in [-0.05, 0) is 37.3 Å². The van der Waals surface area contributed by atoms with Gasteiger partial charge in [0.05, 0.1) is 22.6 Å². The number of hydrogen-bond donors (Lipinski definition) is 1. The maximum atomic E-state index is 11.1. The molecule has 0 fully saturated rings. The number of hydrogen-bond acceptors (Lipinski definition) is 7. The molecule has 8 heteroatoms. The number of nitrogens with one attached hydrogen (secondary N) is 1. The van der Waals surface area contributed by atoms with Crippen molar-refractivity contribution in [2.75, 3.05) is 17.7 Å². The summed E-state index contributed by atoms with van der Waals surface area (Å²) in [5.74, 6) is 0.818. The molecule has 0 spiro atoms. The van der Waals surface area contributed by atoms with E-state index >= 15 is 0 Å². The summed E-state index contributed by atoms with van der Waals surface area (Å²) in [6.45, 7) is 3.76. The minimum absolute atomic E-state index is 0.288. The average Bonchev–Trinajstić information content (AvgIpc) is 3.14. The molecule has 0 radical (unpaired) electrons. The Bertz CT molecular complexity index is 1200. The summed E-state index contributed by atoms with van der Waals surface area (Å²) in [6.07, 6.45) is 1.74. The van der Waals surface area contributed by atoms with E-state index in [1.165, 1.54) is 18.7 Å². The van der Waals surface area contributed by atoms with E-state index < -0.39 is 0 Å². The van der Waals surface area contributed by atoms with Crippen molar-refractivity contribution in [1.82, 2.24) is 19.7 Å². The Morgan fingerprint density at radius 3 is 2.50 bits per heavy atom. The number of carbonyl (C=O) groups is 1. The van der Waals surface area contributed by atoms with E-state index in [9.17, 15) is 4.79 Å². The third-order valence-electron chi connectivity index (χ3n) is 4.65. The van der Waals surface area contributed by atoms with E-state index in [-0.39, 0.29) is 5.97 Å². The van der Waals surface area contributed by atoms with Gasteiger partial charge in [-0.25, -0.2) is 14.6 Å². The van der Waals surface area contributed by atoms with Crippen molar-refractivity contribution in [3.63, 3.8) is 0 Å². The van der Waals surface area contributed by atoms with Crippen LogP contribution in [0.15, 0.2) is 78.0 Å². The number of carbonyl (C=O) groups excluding carboxylic acids is 1. The van der Waals surface area contributed by atoms with Gasteiger partial charge in [0.1, 0.15) is 11.6 Å². The van der Waals surface area contributed by atoms with Crippen molar-refractivity contribution >= 4 is 29.4 Å². The predicted octanol–water partition coefficient (Wildman–Crippen LogP) is 5.04. The first kappa shape index (κ1) is 21.6. The molecule has 0 atom stereocenters. The van der Waals surface area contributed by atoms with Gasteiger partial charge in [-0.2, -0.15) is 5.10 Å². The molecule has 2 aromatic heterocycles. The lowest BCUT2D eigenvalue weighted by Crippen LogP contribution is -2.02. The molecule has 0 saturated heterocycles. The molecule has 0 aliphatic carbocycles. The zero-order valence-corrected chi connectivity index (χ0v) is 18.7. The minimum atomic E-state index is -0.288. The molecule has 7 nitrogen and oxygen atoms in total. The van der Waals surface area contributed by atoms with E-state index in [0.29, 0.717) is 18.3 Å². The standard InChI is InChI=1S/C24H23N5O2S/c1-17-22(21-13-14-25-24(27-21)26-19-9-5-3-6-10-19)23(32-16-15-31-18(2)30)28-29(17)20-11-7-4-8-12-20/h3-14H,15-16H2,1-2H3,(H,25,26,27). The van der Waals surface area contributed by atoms with Crippen molar-refractivity contribution in [3.8, 4) is 16.9 Å². The molecule has 32 heavy (non-hydrogen) atoms. The Kier molecular flexibility index (Phi) is 6.81. The highest BCUT2D eigenvalue weighted by Gasteiger charge is 2.19. The number of nitrogens with zero attached hydrogens (tertiary/aromatic N) is 4. The molecule has 4 rings (SSSR count). The first-order valence-electron chi connectivity index (χ1n) is 10.2. The molecule has 2 aromatic carbocycles. The van der Waals surface area contributed by atoms with E-state index in [1.54, 1.807) is 6.20 Å². The summed E-state index contributed by atoms with van der Waals surface area (Å²) in [6, 6.07) is 21.6. The first-order valence-corrected chi connectivity index (χ1v) is 11.2. The molecular formula is C24H23N5O2S. The quantitative estimate of drug-likeness (QED) is 0.231. The highest BCUT2D eigenvalue weighted by molar-refractivity contribution is 7.99. The Hall–Kier alpha value is -3.65. The van der Waals surface area contributed by atoms with Crippen molar-refractivity contribution in [3.05, 3.63) is 78.6 Å². The number of aromatic nitrogens is 4.